The summed E-state index contributed by atoms with van der Waals surface area (Å²) in [6.45, 7) is 6.80. The van der Waals surface area contributed by atoms with E-state index in [1.54, 1.807) is 0 Å². The van der Waals surface area contributed by atoms with Crippen LogP contribution in [0.3, 0.4) is 0 Å². The number of phosphoric acid groups is 1. The van der Waals surface area contributed by atoms with E-state index in [0.29, 0.717) is 17.4 Å². The van der Waals surface area contributed by atoms with Crippen LogP contribution < -0.4 is 10.2 Å². The summed E-state index contributed by atoms with van der Waals surface area (Å²) in [6.07, 6.45) is 75.8. The molecule has 460 valence electrons. The smallest absolute Gasteiger partial charge is 0.306 e. The third kappa shape index (κ3) is 59.9. The van der Waals surface area contributed by atoms with Crippen LogP contribution in [-0.4, -0.2) is 69.4 Å². The van der Waals surface area contributed by atoms with Crippen molar-refractivity contribution in [3.05, 3.63) is 72.9 Å². The van der Waals surface area contributed by atoms with Gasteiger partial charge in [0.05, 0.1) is 33.8 Å². The average Bonchev–Trinajstić information content (AvgIpc) is 3.41. The number of rotatable bonds is 60. The molecule has 0 aromatic rings. The molecule has 0 aliphatic rings. The molecular formula is C69H127N2O7P. The molecule has 3 atom stereocenters. The highest BCUT2D eigenvalue weighted by Crippen LogP contribution is 2.38. The van der Waals surface area contributed by atoms with Crippen LogP contribution in [0, 0.1) is 0 Å². The highest BCUT2D eigenvalue weighted by atomic mass is 31.2. The molecule has 0 aromatic heterocycles. The lowest BCUT2D eigenvalue weighted by atomic mass is 10.0. The third-order valence-electron chi connectivity index (χ3n) is 14.6. The monoisotopic (exact) mass is 1130 g/mol. The Morgan fingerprint density at radius 3 is 1.25 bits per heavy atom. The number of nitrogens with one attached hydrogen (secondary N) is 1. The summed E-state index contributed by atoms with van der Waals surface area (Å²) in [7, 11) is 1.18. The lowest BCUT2D eigenvalue weighted by Gasteiger charge is -2.30. The van der Waals surface area contributed by atoms with Crippen molar-refractivity contribution in [3.8, 4) is 0 Å². The van der Waals surface area contributed by atoms with Crippen LogP contribution in [0.4, 0.5) is 0 Å². The van der Waals surface area contributed by atoms with Crippen LogP contribution in [-0.2, 0) is 27.9 Å². The molecule has 0 aliphatic carbocycles. The van der Waals surface area contributed by atoms with Gasteiger partial charge in [-0.05, 0) is 96.0 Å². The Labute approximate surface area is 489 Å². The first-order valence-corrected chi connectivity index (χ1v) is 34.7. The molecule has 0 aromatic carbocycles. The van der Waals surface area contributed by atoms with Crippen molar-refractivity contribution in [3.63, 3.8) is 0 Å². The summed E-state index contributed by atoms with van der Waals surface area (Å²) >= 11 is 0. The first kappa shape index (κ1) is 76.5. The first-order chi connectivity index (χ1) is 38.4. The predicted octanol–water partition coefficient (Wildman–Crippen LogP) is 20.2. The second kappa shape index (κ2) is 58.6. The van der Waals surface area contributed by atoms with E-state index in [4.69, 9.17) is 13.8 Å². The number of hydrogen-bond acceptors (Lipinski definition) is 7. The molecular weight excluding hydrogens is 1000 g/mol. The molecule has 0 bridgehead atoms. The second-order valence-corrected chi connectivity index (χ2v) is 25.1. The molecule has 0 aliphatic heterocycles. The normalized spacial score (nSPS) is 14.1. The summed E-state index contributed by atoms with van der Waals surface area (Å²) in [5.41, 5.74) is 0. The van der Waals surface area contributed by atoms with Gasteiger partial charge in [0, 0.05) is 12.8 Å². The molecule has 0 fully saturated rings. The zero-order valence-corrected chi connectivity index (χ0v) is 53.5. The largest absolute Gasteiger partial charge is 0.756 e. The number of allylic oxidation sites excluding steroid dienone is 11. The number of esters is 1. The van der Waals surface area contributed by atoms with Gasteiger partial charge in [0.15, 0.2) is 0 Å². The third-order valence-corrected chi connectivity index (χ3v) is 15.6. The number of nitrogens with zero attached hydrogens (tertiary/aromatic N) is 1. The van der Waals surface area contributed by atoms with Crippen molar-refractivity contribution in [2.45, 2.75) is 315 Å². The van der Waals surface area contributed by atoms with Crippen molar-refractivity contribution in [2.24, 2.45) is 0 Å². The van der Waals surface area contributed by atoms with E-state index in [1.807, 2.05) is 33.3 Å². The number of phosphoric ester groups is 1. The van der Waals surface area contributed by atoms with E-state index < -0.39 is 26.6 Å². The summed E-state index contributed by atoms with van der Waals surface area (Å²) in [5, 5.41) is 3.03. The van der Waals surface area contributed by atoms with E-state index in [1.165, 1.54) is 167 Å². The van der Waals surface area contributed by atoms with Crippen molar-refractivity contribution >= 4 is 19.7 Å². The lowest BCUT2D eigenvalue weighted by Crippen LogP contribution is -2.47. The second-order valence-electron chi connectivity index (χ2n) is 23.6. The average molecular weight is 1130 g/mol. The summed E-state index contributed by atoms with van der Waals surface area (Å²) in [5.74, 6) is -0.551. The van der Waals surface area contributed by atoms with Gasteiger partial charge in [-0.3, -0.25) is 14.2 Å². The topological polar surface area (TPSA) is 114 Å². The fourth-order valence-electron chi connectivity index (χ4n) is 9.46. The molecule has 0 rings (SSSR count). The van der Waals surface area contributed by atoms with Crippen LogP contribution >= 0.6 is 7.82 Å². The predicted molar refractivity (Wildman–Crippen MR) is 339 cm³/mol. The van der Waals surface area contributed by atoms with Gasteiger partial charge in [0.25, 0.3) is 7.82 Å². The van der Waals surface area contributed by atoms with Gasteiger partial charge >= 0.3 is 5.97 Å². The Balaban J connectivity index is 5.14. The Hall–Kier alpha value is -2.55. The SMILES string of the molecule is CCCCC/C=C\C/C=C\C/C=C\CCCCCCCCCCCCCCC(=O)OC(/C=C\CCCCCCCCCCCCC)C(COP(=O)([O-])OCC[N+](C)(C)C)NC(=O)CCCCCCCC/C=C/C=C/CCCCC. The minimum Gasteiger partial charge on any atom is -0.756 e. The van der Waals surface area contributed by atoms with Crippen molar-refractivity contribution in [1.29, 1.82) is 0 Å². The fraction of sp³-hybridized carbons (Fsp3) is 0.797. The van der Waals surface area contributed by atoms with E-state index in [2.05, 4.69) is 86.8 Å². The molecule has 1 amide bonds. The fourth-order valence-corrected chi connectivity index (χ4v) is 10.2. The van der Waals surface area contributed by atoms with E-state index in [0.717, 1.165) is 103 Å². The van der Waals surface area contributed by atoms with E-state index in [-0.39, 0.29) is 24.9 Å². The lowest BCUT2D eigenvalue weighted by molar-refractivity contribution is -0.870. The van der Waals surface area contributed by atoms with E-state index in [9.17, 15) is 19.0 Å². The maximum atomic E-state index is 13.5. The van der Waals surface area contributed by atoms with Gasteiger partial charge in [-0.15, -0.1) is 0 Å². The van der Waals surface area contributed by atoms with Crippen molar-refractivity contribution in [2.75, 3.05) is 40.9 Å². The minimum absolute atomic E-state index is 0.0265. The zero-order chi connectivity index (χ0) is 57.9. The number of amides is 1. The van der Waals surface area contributed by atoms with Gasteiger partial charge in [-0.1, -0.05) is 267 Å². The van der Waals surface area contributed by atoms with Gasteiger partial charge < -0.3 is 28.5 Å². The van der Waals surface area contributed by atoms with Crippen molar-refractivity contribution in [1.82, 2.24) is 5.32 Å². The molecule has 0 saturated carbocycles. The maximum Gasteiger partial charge on any atom is 0.306 e. The standard InChI is InChI=1S/C69H127N2O7P/c1-7-10-13-16-19-22-25-28-30-31-32-33-34-35-36-37-38-39-41-44-47-50-53-56-59-62-69(73)78-67(60-57-54-51-48-45-42-27-24-21-18-15-12-9-3)66(65-77-79(74,75)76-64-63-71(4,5)6)70-68(72)61-58-55-52-49-46-43-40-29-26-23-20-17-14-11-8-2/h19-20,22-23,26,28-30,32-33,57,60,66-67H,7-18,21,24-25,27,31,34-56,58-59,61-65H2,1-6H3,(H-,70,72,74,75)/b22-19-,23-20+,29-26+,30-28-,33-32-,60-57-. The molecule has 10 heteroatoms. The molecule has 9 nitrogen and oxygen atoms in total. The van der Waals surface area contributed by atoms with Crippen LogP contribution in [0.15, 0.2) is 72.9 Å². The Morgan fingerprint density at radius 1 is 0.456 bits per heavy atom. The van der Waals surface area contributed by atoms with Gasteiger partial charge in [-0.25, -0.2) is 0 Å². The summed E-state index contributed by atoms with van der Waals surface area (Å²) in [4.78, 5) is 40.1. The number of quaternary nitrogens is 1. The van der Waals surface area contributed by atoms with E-state index >= 15 is 0 Å². The first-order valence-electron chi connectivity index (χ1n) is 33.3. The molecule has 0 spiro atoms. The van der Waals surface area contributed by atoms with Crippen LogP contribution in [0.25, 0.3) is 0 Å². The molecule has 0 radical (unpaired) electrons. The molecule has 3 unspecified atom stereocenters. The van der Waals surface area contributed by atoms with Crippen LogP contribution in [0.5, 0.6) is 0 Å². The molecule has 0 saturated heterocycles. The number of unbranched alkanes of at least 4 members (excludes halogenated alkanes) is 35. The quantitative estimate of drug-likeness (QED) is 0.0161. The van der Waals surface area contributed by atoms with Gasteiger partial charge in [0.2, 0.25) is 5.91 Å². The molecule has 1 N–H and O–H groups in total. The Morgan fingerprint density at radius 2 is 0.810 bits per heavy atom. The zero-order valence-electron chi connectivity index (χ0n) is 52.6. The van der Waals surface area contributed by atoms with Gasteiger partial charge in [-0.2, -0.15) is 0 Å². The van der Waals surface area contributed by atoms with Gasteiger partial charge in [0.1, 0.15) is 19.3 Å². The number of likely N-dealkylation sites (N-methyl/N-ethyl adjacent to an activating group) is 1. The highest BCUT2D eigenvalue weighted by Gasteiger charge is 2.27. The highest BCUT2D eigenvalue weighted by molar-refractivity contribution is 7.45. The Kier molecular flexibility index (Phi) is 56.7. The number of hydrogen-bond donors (Lipinski definition) is 1. The number of carbonyl (C=O) groups is 2. The summed E-state index contributed by atoms with van der Waals surface area (Å²) < 4.78 is 30.4. The van der Waals surface area contributed by atoms with Crippen LogP contribution in [0.2, 0.25) is 0 Å². The van der Waals surface area contributed by atoms with Crippen LogP contribution in [0.1, 0.15) is 303 Å². The molecule has 0 heterocycles. The number of carbonyl (C=O) groups excluding carboxylic acids is 2. The molecule has 79 heavy (non-hydrogen) atoms. The Bertz CT molecular complexity index is 1580. The minimum atomic E-state index is -4.71. The maximum absolute atomic E-state index is 13.5. The number of ether oxygens (including phenoxy) is 1. The van der Waals surface area contributed by atoms with Crippen molar-refractivity contribution < 1.29 is 37.3 Å². The summed E-state index contributed by atoms with van der Waals surface area (Å²) in [6, 6.07) is -0.897.